The summed E-state index contributed by atoms with van der Waals surface area (Å²) in [6.07, 6.45) is 0.428. The van der Waals surface area contributed by atoms with Crippen LogP contribution < -0.4 is 0 Å². The van der Waals surface area contributed by atoms with Crippen LogP contribution in [0.3, 0.4) is 0 Å². The van der Waals surface area contributed by atoms with Gasteiger partial charge in [-0.15, -0.1) is 0 Å². The predicted molar refractivity (Wildman–Crippen MR) is 139 cm³/mol. The predicted octanol–water partition coefficient (Wildman–Crippen LogP) is 4.49. The molecule has 7 nitrogen and oxygen atoms in total. The van der Waals surface area contributed by atoms with Crippen LogP contribution in [-0.2, 0) is 27.3 Å². The number of hydrogen-bond donors (Lipinski definition) is 1. The van der Waals surface area contributed by atoms with Crippen LogP contribution in [0.5, 0.6) is 0 Å². The van der Waals surface area contributed by atoms with Gasteiger partial charge in [-0.2, -0.15) is 0 Å². The summed E-state index contributed by atoms with van der Waals surface area (Å²) in [4.78, 5) is 46.4. The van der Waals surface area contributed by atoms with Crippen molar-refractivity contribution >= 4 is 40.3 Å². The van der Waals surface area contributed by atoms with Gasteiger partial charge in [0.05, 0.1) is 18.7 Å². The van der Waals surface area contributed by atoms with E-state index in [1.165, 1.54) is 7.11 Å². The van der Waals surface area contributed by atoms with Gasteiger partial charge >= 0.3 is 5.97 Å². The van der Waals surface area contributed by atoms with Gasteiger partial charge in [-0.25, -0.2) is 4.79 Å². The molecule has 1 saturated heterocycles. The van der Waals surface area contributed by atoms with Crippen molar-refractivity contribution in [2.75, 3.05) is 13.7 Å². The van der Waals surface area contributed by atoms with Crippen molar-refractivity contribution in [3.63, 3.8) is 0 Å². The molecule has 2 aliphatic rings. The lowest BCUT2D eigenvalue weighted by atomic mass is 9.86. The van der Waals surface area contributed by atoms with Gasteiger partial charge in [0.25, 0.3) is 0 Å². The van der Waals surface area contributed by atoms with Crippen LogP contribution in [0.2, 0.25) is 5.02 Å². The number of ether oxygens (including phenoxy) is 1. The second kappa shape index (κ2) is 9.09. The number of nitrogens with zero attached hydrogens (tertiary/aromatic N) is 2. The lowest BCUT2D eigenvalue weighted by Gasteiger charge is -2.47. The monoisotopic (exact) mass is 513 g/mol. The Bertz CT molecular complexity index is 1530. The third kappa shape index (κ3) is 3.96. The second-order valence-electron chi connectivity index (χ2n) is 9.42. The van der Waals surface area contributed by atoms with Crippen LogP contribution in [0.15, 0.2) is 72.8 Å². The number of piperazine rings is 1. The van der Waals surface area contributed by atoms with Gasteiger partial charge in [0.1, 0.15) is 12.6 Å². The quantitative estimate of drug-likeness (QED) is 0.407. The zero-order valence-corrected chi connectivity index (χ0v) is 20.9. The Morgan fingerprint density at radius 2 is 1.76 bits per heavy atom. The average Bonchev–Trinajstić information content (AvgIpc) is 3.29. The van der Waals surface area contributed by atoms with Crippen molar-refractivity contribution in [2.45, 2.75) is 25.0 Å². The summed E-state index contributed by atoms with van der Waals surface area (Å²) in [6, 6.07) is 21.2. The van der Waals surface area contributed by atoms with Crippen LogP contribution in [-0.4, -0.2) is 52.3 Å². The molecule has 0 spiro atoms. The number of fused-ring (bicyclic) bond motifs is 4. The minimum absolute atomic E-state index is 0.00966. The number of carbonyl (C=O) groups is 3. The van der Waals surface area contributed by atoms with Crippen LogP contribution >= 0.6 is 11.6 Å². The number of rotatable bonds is 4. The summed E-state index contributed by atoms with van der Waals surface area (Å²) in [6.45, 7) is 0.329. The Hall–Kier alpha value is -4.10. The van der Waals surface area contributed by atoms with Crippen LogP contribution in [0.1, 0.15) is 38.8 Å². The standard InChI is InChI=1S/C29H24ClN3O4/c1-37-29(36)19-10-8-18(9-11-19)27-26-22(21-4-2-3-5-23(21)31-26)14-24-28(35)32(16-25(34)33(24)27)15-17-6-12-20(30)13-7-17/h2-13,24,27,31H,14-16H2,1H3. The van der Waals surface area contributed by atoms with E-state index in [0.717, 1.165) is 33.3 Å². The first-order valence-corrected chi connectivity index (χ1v) is 12.4. The number of hydrogen-bond acceptors (Lipinski definition) is 4. The van der Waals surface area contributed by atoms with Crippen molar-refractivity contribution < 1.29 is 19.1 Å². The summed E-state index contributed by atoms with van der Waals surface area (Å²) in [5.41, 5.74) is 5.05. The molecule has 186 valence electrons. The molecular formula is C29H24ClN3O4. The SMILES string of the molecule is COC(=O)c1ccc(C2c3[nH]c4ccccc4c3CC3C(=O)N(Cc4ccc(Cl)cc4)CC(=O)N32)cc1. The van der Waals surface area contributed by atoms with E-state index in [9.17, 15) is 14.4 Å². The highest BCUT2D eigenvalue weighted by molar-refractivity contribution is 6.30. The van der Waals surface area contributed by atoms with E-state index in [4.69, 9.17) is 16.3 Å². The van der Waals surface area contributed by atoms with Gasteiger partial charge in [0.15, 0.2) is 0 Å². The highest BCUT2D eigenvalue weighted by Crippen LogP contribution is 2.42. The number of benzene rings is 3. The molecule has 0 saturated carbocycles. The molecule has 0 radical (unpaired) electrons. The molecule has 2 atom stereocenters. The molecule has 2 amide bonds. The minimum Gasteiger partial charge on any atom is -0.465 e. The fraction of sp³-hybridized carbons (Fsp3) is 0.207. The average molecular weight is 514 g/mol. The summed E-state index contributed by atoms with van der Waals surface area (Å²) >= 11 is 6.02. The van der Waals surface area contributed by atoms with Crippen LogP contribution in [0.4, 0.5) is 0 Å². The maximum atomic E-state index is 13.8. The van der Waals surface area contributed by atoms with Crippen LogP contribution in [0.25, 0.3) is 10.9 Å². The fourth-order valence-electron chi connectivity index (χ4n) is 5.53. The van der Waals surface area contributed by atoms with Crippen molar-refractivity contribution in [1.82, 2.24) is 14.8 Å². The number of carbonyl (C=O) groups excluding carboxylic acids is 3. The number of esters is 1. The number of amides is 2. The number of nitrogens with one attached hydrogen (secondary N) is 1. The number of H-pyrrole nitrogens is 1. The summed E-state index contributed by atoms with van der Waals surface area (Å²) in [7, 11) is 1.34. The molecule has 2 aliphatic heterocycles. The van der Waals surface area contributed by atoms with Gasteiger partial charge < -0.3 is 19.5 Å². The highest BCUT2D eigenvalue weighted by atomic mass is 35.5. The molecule has 37 heavy (non-hydrogen) atoms. The first kappa shape index (κ1) is 23.3. The zero-order valence-electron chi connectivity index (χ0n) is 20.1. The molecule has 4 aromatic rings. The number of methoxy groups -OCH3 is 1. The Labute approximate surface area is 218 Å². The maximum absolute atomic E-state index is 13.8. The minimum atomic E-state index is -0.634. The molecular weight excluding hydrogens is 490 g/mol. The second-order valence-corrected chi connectivity index (χ2v) is 9.86. The summed E-state index contributed by atoms with van der Waals surface area (Å²) in [5.74, 6) is -0.631. The Morgan fingerprint density at radius 1 is 1.03 bits per heavy atom. The number of halogens is 1. The first-order valence-electron chi connectivity index (χ1n) is 12.1. The van der Waals surface area contributed by atoms with Crippen molar-refractivity contribution in [3.8, 4) is 0 Å². The topological polar surface area (TPSA) is 82.7 Å². The third-order valence-corrected chi connectivity index (χ3v) is 7.53. The first-order chi connectivity index (χ1) is 17.9. The number of aromatic amines is 1. The Balaban J connectivity index is 1.42. The van der Waals surface area contributed by atoms with Gasteiger partial charge in [-0.05, 0) is 47.0 Å². The van der Waals surface area contributed by atoms with E-state index in [1.54, 1.807) is 34.1 Å². The molecule has 1 fully saturated rings. The van der Waals surface area contributed by atoms with Crippen molar-refractivity contribution in [2.24, 2.45) is 0 Å². The van der Waals surface area contributed by atoms with Gasteiger partial charge in [-0.3, -0.25) is 9.59 Å². The molecule has 3 aromatic carbocycles. The molecule has 0 aliphatic carbocycles. The maximum Gasteiger partial charge on any atom is 0.337 e. The van der Waals surface area contributed by atoms with Gasteiger partial charge in [0.2, 0.25) is 11.8 Å². The molecule has 8 heteroatoms. The van der Waals surface area contributed by atoms with Crippen LogP contribution in [0, 0.1) is 0 Å². The smallest absolute Gasteiger partial charge is 0.337 e. The molecule has 1 aromatic heterocycles. The van der Waals surface area contributed by atoms with E-state index in [-0.39, 0.29) is 18.4 Å². The van der Waals surface area contributed by atoms with E-state index < -0.39 is 18.1 Å². The third-order valence-electron chi connectivity index (χ3n) is 7.28. The molecule has 0 bridgehead atoms. The van der Waals surface area contributed by atoms with E-state index in [1.807, 2.05) is 48.5 Å². The van der Waals surface area contributed by atoms with E-state index in [2.05, 4.69) is 4.98 Å². The fourth-order valence-corrected chi connectivity index (χ4v) is 5.66. The normalized spacial score (nSPS) is 19.1. The summed E-state index contributed by atoms with van der Waals surface area (Å²) in [5, 5.41) is 1.67. The van der Waals surface area contributed by atoms with E-state index >= 15 is 0 Å². The molecule has 2 unspecified atom stereocenters. The number of aromatic nitrogens is 1. The lowest BCUT2D eigenvalue weighted by molar-refractivity contribution is -0.159. The number of para-hydroxylation sites is 1. The molecule has 3 heterocycles. The van der Waals surface area contributed by atoms with Crippen molar-refractivity contribution in [1.29, 1.82) is 0 Å². The summed E-state index contributed by atoms with van der Waals surface area (Å²) < 4.78 is 4.83. The largest absolute Gasteiger partial charge is 0.465 e. The van der Waals surface area contributed by atoms with Gasteiger partial charge in [-0.1, -0.05) is 54.1 Å². The lowest BCUT2D eigenvalue weighted by Crippen LogP contribution is -2.62. The molecule has 6 rings (SSSR count). The Kier molecular flexibility index (Phi) is 5.72. The van der Waals surface area contributed by atoms with Crippen molar-refractivity contribution in [3.05, 3.63) is 106 Å². The van der Waals surface area contributed by atoms with E-state index in [0.29, 0.717) is 23.6 Å². The molecule has 1 N–H and O–H groups in total. The zero-order chi connectivity index (χ0) is 25.7. The highest BCUT2D eigenvalue weighted by Gasteiger charge is 2.48. The Morgan fingerprint density at radius 3 is 2.49 bits per heavy atom. The van der Waals surface area contributed by atoms with Gasteiger partial charge in [0, 0.05) is 34.6 Å².